The van der Waals surface area contributed by atoms with Crippen molar-refractivity contribution in [1.82, 2.24) is 4.90 Å². The summed E-state index contributed by atoms with van der Waals surface area (Å²) in [4.78, 5) is 14.1. The van der Waals surface area contributed by atoms with Crippen molar-refractivity contribution >= 4 is 5.91 Å². The standard InChI is InChI=1S/C14H16FNO/c1-9-6-12-7-13(15)5-4-11(12)8-16(9)14(17)10-2-3-10/h4-5,7,9-10H,2-3,6,8H2,1H3/t9-/m1/s1. The molecule has 1 fully saturated rings. The first kappa shape index (κ1) is 10.8. The molecule has 1 heterocycles. The third-order valence-electron chi connectivity index (χ3n) is 3.77. The van der Waals surface area contributed by atoms with Gasteiger partial charge in [-0.3, -0.25) is 4.79 Å². The molecule has 0 unspecified atom stereocenters. The average Bonchev–Trinajstić information content (AvgIpc) is 3.11. The van der Waals surface area contributed by atoms with E-state index in [1.54, 1.807) is 6.07 Å². The van der Waals surface area contributed by atoms with Gasteiger partial charge in [-0.1, -0.05) is 6.07 Å². The monoisotopic (exact) mass is 233 g/mol. The predicted octanol–water partition coefficient (Wildman–Crippen LogP) is 2.51. The molecule has 3 rings (SSSR count). The maximum absolute atomic E-state index is 13.1. The lowest BCUT2D eigenvalue weighted by molar-refractivity contribution is -0.135. The molecule has 0 bridgehead atoms. The van der Waals surface area contributed by atoms with Gasteiger partial charge in [0.1, 0.15) is 5.82 Å². The molecule has 0 spiro atoms. The summed E-state index contributed by atoms with van der Waals surface area (Å²) >= 11 is 0. The third kappa shape index (κ3) is 1.94. The van der Waals surface area contributed by atoms with E-state index in [9.17, 15) is 9.18 Å². The Balaban J connectivity index is 1.86. The van der Waals surface area contributed by atoms with E-state index in [0.717, 1.165) is 30.4 Å². The lowest BCUT2D eigenvalue weighted by Crippen LogP contribution is -2.43. The topological polar surface area (TPSA) is 20.3 Å². The summed E-state index contributed by atoms with van der Waals surface area (Å²) in [5, 5.41) is 0. The molecule has 3 heteroatoms. The van der Waals surface area contributed by atoms with Crippen LogP contribution in [0.3, 0.4) is 0 Å². The molecule has 2 nitrogen and oxygen atoms in total. The Morgan fingerprint density at radius 3 is 2.82 bits per heavy atom. The first-order valence-electron chi connectivity index (χ1n) is 6.23. The van der Waals surface area contributed by atoms with Crippen LogP contribution in [0.5, 0.6) is 0 Å². The van der Waals surface area contributed by atoms with Crippen molar-refractivity contribution in [3.63, 3.8) is 0 Å². The predicted molar refractivity (Wildman–Crippen MR) is 62.8 cm³/mol. The number of rotatable bonds is 1. The van der Waals surface area contributed by atoms with Gasteiger partial charge in [-0.25, -0.2) is 4.39 Å². The molecule has 1 amide bonds. The third-order valence-corrected chi connectivity index (χ3v) is 3.77. The fourth-order valence-electron chi connectivity index (χ4n) is 2.57. The Morgan fingerprint density at radius 1 is 1.35 bits per heavy atom. The summed E-state index contributed by atoms with van der Waals surface area (Å²) in [6, 6.07) is 5.08. The van der Waals surface area contributed by atoms with E-state index in [4.69, 9.17) is 0 Å². The molecule has 17 heavy (non-hydrogen) atoms. The molecule has 1 aromatic carbocycles. The summed E-state index contributed by atoms with van der Waals surface area (Å²) < 4.78 is 13.1. The number of hydrogen-bond acceptors (Lipinski definition) is 1. The molecule has 90 valence electrons. The molecule has 0 N–H and O–H groups in total. The zero-order chi connectivity index (χ0) is 12.0. The van der Waals surface area contributed by atoms with Crippen molar-refractivity contribution in [2.45, 2.75) is 38.8 Å². The van der Waals surface area contributed by atoms with Crippen LogP contribution in [-0.2, 0) is 17.8 Å². The van der Waals surface area contributed by atoms with Crippen LogP contribution in [0.25, 0.3) is 0 Å². The molecule has 1 aliphatic carbocycles. The van der Waals surface area contributed by atoms with E-state index in [1.165, 1.54) is 6.07 Å². The second-order valence-electron chi connectivity index (χ2n) is 5.21. The highest BCUT2D eigenvalue weighted by atomic mass is 19.1. The summed E-state index contributed by atoms with van der Waals surface area (Å²) in [5.41, 5.74) is 2.15. The molecule has 1 aromatic rings. The lowest BCUT2D eigenvalue weighted by atomic mass is 9.94. The molecule has 0 saturated heterocycles. The van der Waals surface area contributed by atoms with Gasteiger partial charge in [-0.05, 0) is 49.4 Å². The minimum atomic E-state index is -0.182. The van der Waals surface area contributed by atoms with E-state index in [2.05, 4.69) is 0 Å². The molecular weight excluding hydrogens is 217 g/mol. The second kappa shape index (κ2) is 3.83. The maximum atomic E-state index is 13.1. The zero-order valence-electron chi connectivity index (χ0n) is 9.95. The molecule has 1 saturated carbocycles. The van der Waals surface area contributed by atoms with E-state index < -0.39 is 0 Å². The molecule has 0 aromatic heterocycles. The van der Waals surface area contributed by atoms with Gasteiger partial charge in [0.05, 0.1) is 0 Å². The van der Waals surface area contributed by atoms with Crippen molar-refractivity contribution in [3.8, 4) is 0 Å². The first-order chi connectivity index (χ1) is 8.15. The minimum absolute atomic E-state index is 0.182. The lowest BCUT2D eigenvalue weighted by Gasteiger charge is -2.35. The largest absolute Gasteiger partial charge is 0.335 e. The van der Waals surface area contributed by atoms with E-state index in [1.807, 2.05) is 17.9 Å². The van der Waals surface area contributed by atoms with Crippen molar-refractivity contribution in [3.05, 3.63) is 35.1 Å². The molecule has 1 atom stereocenters. The van der Waals surface area contributed by atoms with Gasteiger partial charge in [-0.2, -0.15) is 0 Å². The second-order valence-corrected chi connectivity index (χ2v) is 5.21. The Labute approximate surface area is 100 Å². The summed E-state index contributed by atoms with van der Waals surface area (Å²) in [6.45, 7) is 2.69. The van der Waals surface area contributed by atoms with Crippen LogP contribution in [0, 0.1) is 11.7 Å². The number of fused-ring (bicyclic) bond motifs is 1. The van der Waals surface area contributed by atoms with Gasteiger partial charge in [0.25, 0.3) is 0 Å². The summed E-state index contributed by atoms with van der Waals surface area (Å²) in [6.07, 6.45) is 2.85. The minimum Gasteiger partial charge on any atom is -0.335 e. The zero-order valence-corrected chi connectivity index (χ0v) is 9.95. The molecule has 0 radical (unpaired) electrons. The Morgan fingerprint density at radius 2 is 2.12 bits per heavy atom. The highest BCUT2D eigenvalue weighted by Crippen LogP contribution is 2.34. The number of halogens is 1. The average molecular weight is 233 g/mol. The van der Waals surface area contributed by atoms with Crippen molar-refractivity contribution in [2.75, 3.05) is 0 Å². The van der Waals surface area contributed by atoms with Gasteiger partial charge < -0.3 is 4.90 Å². The molecule has 2 aliphatic rings. The highest BCUT2D eigenvalue weighted by molar-refractivity contribution is 5.81. The SMILES string of the molecule is C[C@@H]1Cc2cc(F)ccc2CN1C(=O)C1CC1. The van der Waals surface area contributed by atoms with Crippen LogP contribution in [0.1, 0.15) is 30.9 Å². The summed E-state index contributed by atoms with van der Waals surface area (Å²) in [7, 11) is 0. The van der Waals surface area contributed by atoms with Gasteiger partial charge in [0.15, 0.2) is 0 Å². The van der Waals surface area contributed by atoms with Crippen LogP contribution < -0.4 is 0 Å². The Kier molecular flexibility index (Phi) is 2.42. The number of carbonyl (C=O) groups excluding carboxylic acids is 1. The summed E-state index contributed by atoms with van der Waals surface area (Å²) in [5.74, 6) is 0.366. The Bertz CT molecular complexity index is 467. The molecular formula is C14H16FNO. The fourth-order valence-corrected chi connectivity index (χ4v) is 2.57. The maximum Gasteiger partial charge on any atom is 0.226 e. The highest BCUT2D eigenvalue weighted by Gasteiger charge is 2.37. The number of hydrogen-bond donors (Lipinski definition) is 0. The van der Waals surface area contributed by atoms with E-state index in [0.29, 0.717) is 6.54 Å². The number of amides is 1. The number of carbonyl (C=O) groups is 1. The normalized spacial score (nSPS) is 23.4. The van der Waals surface area contributed by atoms with Gasteiger partial charge in [-0.15, -0.1) is 0 Å². The first-order valence-corrected chi connectivity index (χ1v) is 6.23. The van der Waals surface area contributed by atoms with Crippen LogP contribution in [0.15, 0.2) is 18.2 Å². The smallest absolute Gasteiger partial charge is 0.226 e. The van der Waals surface area contributed by atoms with Crippen LogP contribution in [0.4, 0.5) is 4.39 Å². The van der Waals surface area contributed by atoms with Crippen molar-refractivity contribution in [2.24, 2.45) is 5.92 Å². The van der Waals surface area contributed by atoms with Crippen molar-refractivity contribution < 1.29 is 9.18 Å². The van der Waals surface area contributed by atoms with E-state index >= 15 is 0 Å². The van der Waals surface area contributed by atoms with Gasteiger partial charge >= 0.3 is 0 Å². The molecule has 1 aliphatic heterocycles. The van der Waals surface area contributed by atoms with Crippen LogP contribution in [0.2, 0.25) is 0 Å². The number of benzene rings is 1. The van der Waals surface area contributed by atoms with Gasteiger partial charge in [0, 0.05) is 18.5 Å². The fraction of sp³-hybridized carbons (Fsp3) is 0.500. The Hall–Kier alpha value is -1.38. The van der Waals surface area contributed by atoms with Crippen LogP contribution in [-0.4, -0.2) is 16.8 Å². The van der Waals surface area contributed by atoms with Crippen LogP contribution >= 0.6 is 0 Å². The quantitative estimate of drug-likeness (QED) is 0.730. The van der Waals surface area contributed by atoms with Gasteiger partial charge in [0.2, 0.25) is 5.91 Å². The van der Waals surface area contributed by atoms with Crippen molar-refractivity contribution in [1.29, 1.82) is 0 Å². The number of nitrogens with zero attached hydrogens (tertiary/aromatic N) is 1. The van der Waals surface area contributed by atoms with E-state index in [-0.39, 0.29) is 23.7 Å².